The molecular weight excluding hydrogens is 562 g/mol. The van der Waals surface area contributed by atoms with Gasteiger partial charge in [-0.2, -0.15) is 18.3 Å². The standard InChI is InChI=1S/C30H26F6N4O2/c1-3-26(40-16-20(15-39-40)30(34,35)36)27(41)13-19(9-17-10-21(31)14-22(32)11-17)28-23(5-4-8-38-28)18-6-7-25(33)24(12-18)29(42)37-2/h4-8,10-12,14-16,19,26H,3,9,13H2,1-2H3,(H,37,42)/t19-,26?/m1/s1. The van der Waals surface area contributed by atoms with E-state index < -0.39 is 52.8 Å². The minimum absolute atomic E-state index is 0.0583. The average Bonchev–Trinajstić information content (AvgIpc) is 3.43. The van der Waals surface area contributed by atoms with Gasteiger partial charge in [0.2, 0.25) is 0 Å². The first kappa shape index (κ1) is 30.5. The summed E-state index contributed by atoms with van der Waals surface area (Å²) >= 11 is 0. The summed E-state index contributed by atoms with van der Waals surface area (Å²) in [7, 11) is 1.35. The molecule has 4 aromatic rings. The van der Waals surface area contributed by atoms with Crippen LogP contribution < -0.4 is 5.32 Å². The fourth-order valence-corrected chi connectivity index (χ4v) is 4.86. The lowest BCUT2D eigenvalue weighted by Crippen LogP contribution is -2.23. The molecule has 0 saturated heterocycles. The summed E-state index contributed by atoms with van der Waals surface area (Å²) in [5, 5.41) is 6.12. The molecule has 220 valence electrons. The van der Waals surface area contributed by atoms with Gasteiger partial charge in [0, 0.05) is 43.4 Å². The summed E-state index contributed by atoms with van der Waals surface area (Å²) < 4.78 is 83.1. The molecular formula is C30H26F6N4O2. The maximum atomic E-state index is 14.4. The highest BCUT2D eigenvalue weighted by atomic mass is 19.4. The van der Waals surface area contributed by atoms with E-state index in [1.807, 2.05) is 0 Å². The highest BCUT2D eigenvalue weighted by Crippen LogP contribution is 2.35. The number of carbonyl (C=O) groups is 2. The molecule has 0 radical (unpaired) electrons. The second kappa shape index (κ2) is 12.6. The van der Waals surface area contributed by atoms with E-state index in [0.717, 1.165) is 29.1 Å². The number of alkyl halides is 3. The van der Waals surface area contributed by atoms with Crippen molar-refractivity contribution in [2.24, 2.45) is 0 Å². The smallest absolute Gasteiger partial charge is 0.355 e. The van der Waals surface area contributed by atoms with Gasteiger partial charge in [0.1, 0.15) is 23.5 Å². The fourth-order valence-electron chi connectivity index (χ4n) is 4.86. The molecule has 0 saturated carbocycles. The maximum Gasteiger partial charge on any atom is 0.419 e. The molecule has 2 heterocycles. The van der Waals surface area contributed by atoms with Crippen molar-refractivity contribution in [2.75, 3.05) is 7.05 Å². The Morgan fingerprint density at radius 1 is 1.02 bits per heavy atom. The Balaban J connectivity index is 1.77. The number of rotatable bonds is 10. The minimum atomic E-state index is -4.64. The number of carbonyl (C=O) groups excluding carboxylic acids is 2. The van der Waals surface area contributed by atoms with Crippen molar-refractivity contribution in [1.82, 2.24) is 20.1 Å². The zero-order valence-electron chi connectivity index (χ0n) is 22.6. The summed E-state index contributed by atoms with van der Waals surface area (Å²) in [6, 6.07) is 9.00. The van der Waals surface area contributed by atoms with Crippen molar-refractivity contribution in [3.8, 4) is 11.1 Å². The summed E-state index contributed by atoms with van der Waals surface area (Å²) in [5.41, 5.74) is 0.138. The van der Waals surface area contributed by atoms with Gasteiger partial charge in [0.15, 0.2) is 5.78 Å². The van der Waals surface area contributed by atoms with Crippen molar-refractivity contribution < 1.29 is 35.9 Å². The van der Waals surface area contributed by atoms with Crippen LogP contribution in [0.2, 0.25) is 0 Å². The first-order valence-corrected chi connectivity index (χ1v) is 13.0. The number of Topliss-reactive ketones (excluding diaryl/α,β-unsaturated/α-hetero) is 1. The Bertz CT molecular complexity index is 1580. The van der Waals surface area contributed by atoms with Crippen molar-refractivity contribution in [2.45, 2.75) is 44.3 Å². The summed E-state index contributed by atoms with van der Waals surface area (Å²) in [4.78, 5) is 30.3. The van der Waals surface area contributed by atoms with Crippen molar-refractivity contribution in [1.29, 1.82) is 0 Å². The van der Waals surface area contributed by atoms with Crippen LogP contribution in [0.15, 0.2) is 67.1 Å². The number of hydrogen-bond acceptors (Lipinski definition) is 4. The zero-order valence-corrected chi connectivity index (χ0v) is 22.6. The van der Waals surface area contributed by atoms with Crippen LogP contribution in [0.1, 0.15) is 58.9 Å². The largest absolute Gasteiger partial charge is 0.419 e. The molecule has 2 aromatic heterocycles. The molecule has 42 heavy (non-hydrogen) atoms. The Kier molecular flexibility index (Phi) is 9.13. The quantitative estimate of drug-likeness (QED) is 0.210. The molecule has 12 heteroatoms. The number of aromatic nitrogens is 3. The van der Waals surface area contributed by atoms with Gasteiger partial charge in [-0.25, -0.2) is 13.2 Å². The van der Waals surface area contributed by atoms with E-state index in [-0.39, 0.29) is 30.4 Å². The maximum absolute atomic E-state index is 14.4. The number of benzene rings is 2. The predicted molar refractivity (Wildman–Crippen MR) is 142 cm³/mol. The molecule has 1 unspecified atom stereocenters. The Morgan fingerprint density at radius 2 is 1.74 bits per heavy atom. The molecule has 1 amide bonds. The Morgan fingerprint density at radius 3 is 2.36 bits per heavy atom. The molecule has 0 aliphatic rings. The topological polar surface area (TPSA) is 76.9 Å². The molecule has 6 nitrogen and oxygen atoms in total. The van der Waals surface area contributed by atoms with Gasteiger partial charge < -0.3 is 5.32 Å². The molecule has 0 spiro atoms. The SMILES string of the molecule is CCC(C(=O)C[C@@H](Cc1cc(F)cc(F)c1)c1ncccc1-c1ccc(F)c(C(=O)NC)c1)n1cc(C(F)(F)F)cn1. The van der Waals surface area contributed by atoms with E-state index in [9.17, 15) is 35.9 Å². The monoisotopic (exact) mass is 588 g/mol. The van der Waals surface area contributed by atoms with E-state index in [1.165, 1.54) is 25.4 Å². The molecule has 0 fully saturated rings. The van der Waals surface area contributed by atoms with Crippen molar-refractivity contribution >= 4 is 11.7 Å². The fraction of sp³-hybridized carbons (Fsp3) is 0.267. The molecule has 1 N–H and O–H groups in total. The lowest BCUT2D eigenvalue weighted by Gasteiger charge is -2.22. The molecule has 0 aliphatic heterocycles. The zero-order chi connectivity index (χ0) is 30.6. The summed E-state index contributed by atoms with van der Waals surface area (Å²) in [6.45, 7) is 1.62. The predicted octanol–water partition coefficient (Wildman–Crippen LogP) is 6.68. The number of nitrogens with one attached hydrogen (secondary N) is 1. The molecule has 2 aromatic carbocycles. The number of pyridine rings is 1. The van der Waals surface area contributed by atoms with Crippen LogP contribution in [0.5, 0.6) is 0 Å². The third-order valence-electron chi connectivity index (χ3n) is 6.83. The van der Waals surface area contributed by atoms with Crippen LogP contribution in [0, 0.1) is 17.5 Å². The summed E-state index contributed by atoms with van der Waals surface area (Å²) in [5.74, 6) is -4.35. The second-order valence-electron chi connectivity index (χ2n) is 9.69. The van der Waals surface area contributed by atoms with Gasteiger partial charge in [-0.1, -0.05) is 19.1 Å². The van der Waals surface area contributed by atoms with Gasteiger partial charge in [0.05, 0.1) is 23.0 Å². The van der Waals surface area contributed by atoms with Crippen LogP contribution in [-0.2, 0) is 17.4 Å². The molecule has 4 rings (SSSR count). The van der Waals surface area contributed by atoms with E-state index in [4.69, 9.17) is 0 Å². The van der Waals surface area contributed by atoms with Crippen LogP contribution in [-0.4, -0.2) is 33.5 Å². The average molecular weight is 589 g/mol. The second-order valence-corrected chi connectivity index (χ2v) is 9.69. The van der Waals surface area contributed by atoms with Gasteiger partial charge in [-0.05, 0) is 54.3 Å². The van der Waals surface area contributed by atoms with E-state index in [2.05, 4.69) is 15.4 Å². The van der Waals surface area contributed by atoms with Crippen LogP contribution >= 0.6 is 0 Å². The van der Waals surface area contributed by atoms with Crippen molar-refractivity contribution in [3.05, 3.63) is 107 Å². The molecule has 2 atom stereocenters. The van der Waals surface area contributed by atoms with Crippen LogP contribution in [0.4, 0.5) is 26.3 Å². The lowest BCUT2D eigenvalue weighted by molar-refractivity contribution is -0.137. The van der Waals surface area contributed by atoms with Gasteiger partial charge in [-0.15, -0.1) is 0 Å². The number of hydrogen-bond donors (Lipinski definition) is 1. The van der Waals surface area contributed by atoms with Gasteiger partial charge >= 0.3 is 6.18 Å². The third-order valence-corrected chi connectivity index (χ3v) is 6.83. The Labute approximate surface area is 237 Å². The van der Waals surface area contributed by atoms with E-state index >= 15 is 0 Å². The highest BCUT2D eigenvalue weighted by molar-refractivity contribution is 5.95. The number of halogens is 6. The molecule has 0 aliphatic carbocycles. The van der Waals surface area contributed by atoms with Crippen LogP contribution in [0.3, 0.4) is 0 Å². The third kappa shape index (κ3) is 6.87. The Hall–Kier alpha value is -4.48. The number of ketones is 1. The lowest BCUT2D eigenvalue weighted by atomic mass is 9.85. The summed E-state index contributed by atoms with van der Waals surface area (Å²) in [6.07, 6.45) is -2.00. The molecule has 0 bridgehead atoms. The van der Waals surface area contributed by atoms with Crippen LogP contribution in [0.25, 0.3) is 11.1 Å². The van der Waals surface area contributed by atoms with Gasteiger partial charge in [-0.3, -0.25) is 19.3 Å². The van der Waals surface area contributed by atoms with Crippen molar-refractivity contribution in [3.63, 3.8) is 0 Å². The van der Waals surface area contributed by atoms with E-state index in [1.54, 1.807) is 19.1 Å². The van der Waals surface area contributed by atoms with E-state index in [0.29, 0.717) is 29.1 Å². The normalized spacial score (nSPS) is 13.0. The first-order chi connectivity index (χ1) is 19.9. The number of nitrogens with zero attached hydrogens (tertiary/aromatic N) is 3. The van der Waals surface area contributed by atoms with Gasteiger partial charge in [0.25, 0.3) is 5.91 Å². The first-order valence-electron chi connectivity index (χ1n) is 13.0. The number of amides is 1. The highest BCUT2D eigenvalue weighted by Gasteiger charge is 2.34. The minimum Gasteiger partial charge on any atom is -0.355 e.